The van der Waals surface area contributed by atoms with Crippen molar-refractivity contribution in [2.24, 2.45) is 17.8 Å². The van der Waals surface area contributed by atoms with Crippen LogP contribution < -0.4 is 0 Å². The summed E-state index contributed by atoms with van der Waals surface area (Å²) < 4.78 is 15.2. The molecule has 0 nitrogen and oxygen atoms in total. The van der Waals surface area contributed by atoms with E-state index in [9.17, 15) is 0 Å². The van der Waals surface area contributed by atoms with Gasteiger partial charge >= 0.3 is 0 Å². The van der Waals surface area contributed by atoms with Crippen LogP contribution in [0.1, 0.15) is 65.2 Å². The van der Waals surface area contributed by atoms with Crippen LogP contribution in [0, 0.1) is 17.8 Å². The molecule has 2 aliphatic carbocycles. The lowest BCUT2D eigenvalue weighted by Crippen LogP contribution is -2.34. The lowest BCUT2D eigenvalue weighted by Gasteiger charge is -2.40. The van der Waals surface area contributed by atoms with E-state index in [0.29, 0.717) is 29.4 Å². The van der Waals surface area contributed by atoms with Gasteiger partial charge in [0.1, 0.15) is 5.67 Å². The van der Waals surface area contributed by atoms with E-state index in [4.69, 9.17) is 11.6 Å². The van der Waals surface area contributed by atoms with Crippen molar-refractivity contribution in [2.75, 3.05) is 0 Å². The number of halogens is 2. The third-order valence-electron chi connectivity index (χ3n) is 5.83. The van der Waals surface area contributed by atoms with Crippen LogP contribution in [0.5, 0.6) is 0 Å². The minimum atomic E-state index is -1.27. The Kier molecular flexibility index (Phi) is 5.94. The van der Waals surface area contributed by atoms with Gasteiger partial charge in [0, 0.05) is 5.03 Å². The van der Waals surface area contributed by atoms with Gasteiger partial charge in [-0.05, 0) is 80.4 Å². The van der Waals surface area contributed by atoms with Crippen LogP contribution in [0.4, 0.5) is 4.39 Å². The quantitative estimate of drug-likeness (QED) is 0.490. The number of rotatable bonds is 4. The van der Waals surface area contributed by atoms with E-state index in [1.165, 1.54) is 25.7 Å². The average molecular weight is 325 g/mol. The van der Waals surface area contributed by atoms with Gasteiger partial charge < -0.3 is 0 Å². The highest BCUT2D eigenvalue weighted by molar-refractivity contribution is 6.32. The van der Waals surface area contributed by atoms with Crippen molar-refractivity contribution >= 4 is 11.6 Å². The highest BCUT2D eigenvalue weighted by atomic mass is 35.5. The molecule has 0 atom stereocenters. The standard InChI is InChI=1S/C20H30ClF/c1-14(2)19(21)13-16(4)20(22)11-9-18(10-12-20)17-7-5-15(3)6-8-17/h13,15,17-18H,1,4-12H2,2-3H3/b19-13+. The van der Waals surface area contributed by atoms with Crippen molar-refractivity contribution < 1.29 is 4.39 Å². The molecule has 0 bridgehead atoms. The second-order valence-corrected chi connectivity index (χ2v) is 8.03. The molecule has 0 radical (unpaired) electrons. The summed E-state index contributed by atoms with van der Waals surface area (Å²) in [6, 6.07) is 0. The molecule has 0 spiro atoms. The van der Waals surface area contributed by atoms with Crippen molar-refractivity contribution in [1.82, 2.24) is 0 Å². The summed E-state index contributed by atoms with van der Waals surface area (Å²) in [6.07, 6.45) is 10.2. The van der Waals surface area contributed by atoms with Gasteiger partial charge in [-0.3, -0.25) is 0 Å². The fourth-order valence-electron chi connectivity index (χ4n) is 4.05. The maximum absolute atomic E-state index is 15.2. The first kappa shape index (κ1) is 17.8. The van der Waals surface area contributed by atoms with Crippen LogP contribution in [0.25, 0.3) is 0 Å². The molecule has 0 aromatic carbocycles. The third-order valence-corrected chi connectivity index (χ3v) is 6.27. The van der Waals surface area contributed by atoms with Crippen LogP contribution in [-0.4, -0.2) is 5.67 Å². The van der Waals surface area contributed by atoms with Crippen molar-refractivity contribution in [2.45, 2.75) is 70.9 Å². The first-order valence-electron chi connectivity index (χ1n) is 8.73. The van der Waals surface area contributed by atoms with Crippen LogP contribution in [0.15, 0.2) is 35.4 Å². The SMILES string of the molecule is C=C(C)/C(Cl)=C\C(=C)C1(F)CCC(C2CCC(C)CC2)CC1. The molecule has 2 aliphatic rings. The van der Waals surface area contributed by atoms with Crippen LogP contribution in [0.3, 0.4) is 0 Å². The zero-order chi connectivity index (χ0) is 16.3. The van der Waals surface area contributed by atoms with Gasteiger partial charge in [-0.25, -0.2) is 4.39 Å². The molecule has 0 aromatic rings. The Morgan fingerprint density at radius 1 is 1.05 bits per heavy atom. The fourth-order valence-corrected chi connectivity index (χ4v) is 4.18. The van der Waals surface area contributed by atoms with Crippen molar-refractivity contribution in [3.63, 3.8) is 0 Å². The smallest absolute Gasteiger partial charge is 0.135 e. The second-order valence-electron chi connectivity index (χ2n) is 7.62. The van der Waals surface area contributed by atoms with E-state index in [-0.39, 0.29) is 0 Å². The maximum atomic E-state index is 15.2. The Morgan fingerprint density at radius 3 is 2.05 bits per heavy atom. The molecular weight excluding hydrogens is 295 g/mol. The summed E-state index contributed by atoms with van der Waals surface area (Å²) >= 11 is 6.09. The summed E-state index contributed by atoms with van der Waals surface area (Å²) in [5.41, 5.74) is 0.0151. The van der Waals surface area contributed by atoms with E-state index < -0.39 is 5.67 Å². The highest BCUT2D eigenvalue weighted by Gasteiger charge is 2.39. The van der Waals surface area contributed by atoms with Gasteiger partial charge in [0.2, 0.25) is 0 Å². The van der Waals surface area contributed by atoms with Gasteiger partial charge in [0.15, 0.2) is 0 Å². The molecule has 2 rings (SSSR count). The molecule has 2 heteroatoms. The van der Waals surface area contributed by atoms with Gasteiger partial charge in [0.25, 0.3) is 0 Å². The molecule has 22 heavy (non-hydrogen) atoms. The second kappa shape index (κ2) is 7.34. The zero-order valence-electron chi connectivity index (χ0n) is 14.1. The molecule has 0 amide bonds. The normalized spacial score (nSPS) is 36.9. The molecular formula is C20H30ClF. The van der Waals surface area contributed by atoms with E-state index in [0.717, 1.165) is 30.3 Å². The lowest BCUT2D eigenvalue weighted by molar-refractivity contribution is 0.0846. The van der Waals surface area contributed by atoms with Crippen molar-refractivity contribution in [3.05, 3.63) is 35.4 Å². The van der Waals surface area contributed by atoms with Gasteiger partial charge in [-0.1, -0.05) is 44.5 Å². The molecule has 0 aromatic heterocycles. The Bertz CT molecular complexity index is 446. The lowest BCUT2D eigenvalue weighted by atomic mass is 9.67. The monoisotopic (exact) mass is 324 g/mol. The van der Waals surface area contributed by atoms with Gasteiger partial charge in [-0.2, -0.15) is 0 Å². The molecule has 124 valence electrons. The maximum Gasteiger partial charge on any atom is 0.135 e. The largest absolute Gasteiger partial charge is 0.239 e. The Balaban J connectivity index is 1.91. The Labute approximate surface area is 140 Å². The molecule has 2 fully saturated rings. The number of hydrogen-bond donors (Lipinski definition) is 0. The summed E-state index contributed by atoms with van der Waals surface area (Å²) in [6.45, 7) is 11.9. The number of allylic oxidation sites excluding steroid dienone is 4. The van der Waals surface area contributed by atoms with Gasteiger partial charge in [-0.15, -0.1) is 0 Å². The summed E-state index contributed by atoms with van der Waals surface area (Å²) in [7, 11) is 0. The summed E-state index contributed by atoms with van der Waals surface area (Å²) in [4.78, 5) is 0. The molecule has 2 saturated carbocycles. The van der Waals surface area contributed by atoms with E-state index in [1.807, 2.05) is 6.92 Å². The van der Waals surface area contributed by atoms with Crippen molar-refractivity contribution in [3.8, 4) is 0 Å². The Morgan fingerprint density at radius 2 is 1.55 bits per heavy atom. The molecule has 0 aliphatic heterocycles. The molecule has 0 saturated heterocycles. The third kappa shape index (κ3) is 4.25. The first-order valence-corrected chi connectivity index (χ1v) is 9.11. The average Bonchev–Trinajstić information content (AvgIpc) is 2.49. The number of hydrogen-bond acceptors (Lipinski definition) is 0. The van der Waals surface area contributed by atoms with Crippen LogP contribution in [0.2, 0.25) is 0 Å². The number of alkyl halides is 1. The van der Waals surface area contributed by atoms with E-state index in [2.05, 4.69) is 20.1 Å². The predicted molar refractivity (Wildman–Crippen MR) is 94.8 cm³/mol. The zero-order valence-corrected chi connectivity index (χ0v) is 14.9. The minimum Gasteiger partial charge on any atom is -0.239 e. The van der Waals surface area contributed by atoms with E-state index in [1.54, 1.807) is 6.08 Å². The fraction of sp³-hybridized carbons (Fsp3) is 0.700. The highest BCUT2D eigenvalue weighted by Crippen LogP contribution is 2.46. The predicted octanol–water partition coefficient (Wildman–Crippen LogP) is 6.97. The van der Waals surface area contributed by atoms with Crippen molar-refractivity contribution in [1.29, 1.82) is 0 Å². The van der Waals surface area contributed by atoms with Crippen LogP contribution >= 0.6 is 11.6 Å². The van der Waals surface area contributed by atoms with Gasteiger partial charge in [0.05, 0.1) is 0 Å². The molecule has 0 N–H and O–H groups in total. The molecule has 0 unspecified atom stereocenters. The minimum absolute atomic E-state index is 0.519. The first-order chi connectivity index (χ1) is 10.3. The summed E-state index contributed by atoms with van der Waals surface area (Å²) in [5, 5.41) is 0.519. The van der Waals surface area contributed by atoms with Crippen LogP contribution in [-0.2, 0) is 0 Å². The topological polar surface area (TPSA) is 0 Å². The molecule has 0 heterocycles. The van der Waals surface area contributed by atoms with E-state index >= 15 is 4.39 Å². The summed E-state index contributed by atoms with van der Waals surface area (Å²) in [5.74, 6) is 2.42. The Hall–Kier alpha value is -0.560.